The second-order valence-electron chi connectivity index (χ2n) is 4.12. The first-order valence-corrected chi connectivity index (χ1v) is 5.78. The molecule has 3 aromatic rings. The zero-order valence-electron chi connectivity index (χ0n) is 10.2. The van der Waals surface area contributed by atoms with Crippen molar-refractivity contribution in [3.05, 3.63) is 41.7 Å². The number of hydrogen-bond donors (Lipinski definition) is 3. The molecule has 0 aliphatic carbocycles. The van der Waals surface area contributed by atoms with E-state index in [1.807, 2.05) is 0 Å². The minimum absolute atomic E-state index is 0.0480. The van der Waals surface area contributed by atoms with Gasteiger partial charge in [-0.1, -0.05) is 0 Å². The summed E-state index contributed by atoms with van der Waals surface area (Å²) in [6, 6.07) is 3.26. The van der Waals surface area contributed by atoms with Gasteiger partial charge in [-0.2, -0.15) is 9.97 Å². The van der Waals surface area contributed by atoms with Crippen LogP contribution < -0.4 is 11.1 Å². The Kier molecular flexibility index (Phi) is 2.90. The number of H-pyrrole nitrogens is 1. The normalized spacial score (nSPS) is 10.9. The summed E-state index contributed by atoms with van der Waals surface area (Å²) in [6.07, 6.45) is 1.45. The number of nitrogen functional groups attached to an aromatic ring is 1. The summed E-state index contributed by atoms with van der Waals surface area (Å²) in [6.45, 7) is 0.0637. The smallest absolute Gasteiger partial charge is 0.224 e. The van der Waals surface area contributed by atoms with E-state index in [-0.39, 0.29) is 18.1 Å². The van der Waals surface area contributed by atoms with E-state index in [0.717, 1.165) is 18.2 Å². The third-order valence-electron chi connectivity index (χ3n) is 2.76. The van der Waals surface area contributed by atoms with Crippen LogP contribution in [0.3, 0.4) is 0 Å². The molecule has 6 nitrogen and oxygen atoms in total. The van der Waals surface area contributed by atoms with Crippen LogP contribution in [0.25, 0.3) is 11.2 Å². The molecule has 0 spiro atoms. The average molecular weight is 276 g/mol. The number of imidazole rings is 1. The fraction of sp³-hybridized carbons (Fsp3) is 0.0833. The molecule has 102 valence electrons. The molecule has 0 aliphatic rings. The van der Waals surface area contributed by atoms with Crippen LogP contribution in [0.1, 0.15) is 5.56 Å². The van der Waals surface area contributed by atoms with E-state index in [2.05, 4.69) is 25.3 Å². The molecule has 20 heavy (non-hydrogen) atoms. The molecule has 0 radical (unpaired) electrons. The first-order chi connectivity index (χ1) is 9.63. The molecule has 2 aromatic heterocycles. The van der Waals surface area contributed by atoms with Crippen LogP contribution in [0.15, 0.2) is 24.5 Å². The second-order valence-corrected chi connectivity index (χ2v) is 4.12. The zero-order chi connectivity index (χ0) is 14.1. The second kappa shape index (κ2) is 4.72. The number of benzene rings is 1. The number of halogens is 2. The van der Waals surface area contributed by atoms with Gasteiger partial charge in [0.05, 0.1) is 6.33 Å². The van der Waals surface area contributed by atoms with Gasteiger partial charge in [0.2, 0.25) is 5.95 Å². The van der Waals surface area contributed by atoms with E-state index in [1.54, 1.807) is 0 Å². The number of aromatic amines is 1. The molecule has 0 atom stereocenters. The van der Waals surface area contributed by atoms with Gasteiger partial charge in [0.15, 0.2) is 11.5 Å². The molecular weight excluding hydrogens is 266 g/mol. The lowest BCUT2D eigenvalue weighted by molar-refractivity contribution is 0.587. The van der Waals surface area contributed by atoms with Crippen LogP contribution in [0, 0.1) is 11.6 Å². The molecular formula is C12H10F2N6. The van der Waals surface area contributed by atoms with Gasteiger partial charge in [-0.3, -0.25) is 0 Å². The maximum Gasteiger partial charge on any atom is 0.224 e. The van der Waals surface area contributed by atoms with Gasteiger partial charge >= 0.3 is 0 Å². The highest BCUT2D eigenvalue weighted by atomic mass is 19.1. The minimum Gasteiger partial charge on any atom is -0.368 e. The average Bonchev–Trinajstić information content (AvgIpc) is 2.87. The topological polar surface area (TPSA) is 92.5 Å². The number of aromatic nitrogens is 4. The van der Waals surface area contributed by atoms with Crippen LogP contribution in [0.4, 0.5) is 20.5 Å². The monoisotopic (exact) mass is 276 g/mol. The van der Waals surface area contributed by atoms with Crippen molar-refractivity contribution >= 4 is 22.9 Å². The van der Waals surface area contributed by atoms with Crippen LogP contribution in [0.5, 0.6) is 0 Å². The van der Waals surface area contributed by atoms with Crippen LogP contribution in [-0.2, 0) is 6.54 Å². The van der Waals surface area contributed by atoms with Gasteiger partial charge in [0, 0.05) is 12.1 Å². The summed E-state index contributed by atoms with van der Waals surface area (Å²) in [4.78, 5) is 14.8. The molecule has 0 saturated carbocycles. The van der Waals surface area contributed by atoms with Crippen LogP contribution in [-0.4, -0.2) is 19.9 Å². The molecule has 0 fully saturated rings. The standard InChI is InChI=1S/C12H10F2N6/c13-7-1-2-8(14)6(3-7)4-16-10-9-11(18-5-17-9)20-12(15)19-10/h1-3,5H,4H2,(H4,15,16,17,18,19,20). The number of nitrogens with zero attached hydrogens (tertiary/aromatic N) is 3. The summed E-state index contributed by atoms with van der Waals surface area (Å²) >= 11 is 0. The van der Waals surface area contributed by atoms with Crippen molar-refractivity contribution in [2.75, 3.05) is 11.1 Å². The molecule has 0 aliphatic heterocycles. The third-order valence-corrected chi connectivity index (χ3v) is 2.76. The zero-order valence-corrected chi connectivity index (χ0v) is 10.2. The highest BCUT2D eigenvalue weighted by Gasteiger charge is 2.09. The van der Waals surface area contributed by atoms with Gasteiger partial charge < -0.3 is 16.0 Å². The van der Waals surface area contributed by atoms with Crippen molar-refractivity contribution in [3.8, 4) is 0 Å². The third kappa shape index (κ3) is 2.22. The summed E-state index contributed by atoms with van der Waals surface area (Å²) in [5.41, 5.74) is 6.70. The molecule has 0 unspecified atom stereocenters. The van der Waals surface area contributed by atoms with E-state index >= 15 is 0 Å². The molecule has 1 aromatic carbocycles. The van der Waals surface area contributed by atoms with E-state index in [9.17, 15) is 8.78 Å². The van der Waals surface area contributed by atoms with Crippen molar-refractivity contribution in [1.82, 2.24) is 19.9 Å². The van der Waals surface area contributed by atoms with Crippen LogP contribution >= 0.6 is 0 Å². The van der Waals surface area contributed by atoms with Crippen molar-refractivity contribution in [3.63, 3.8) is 0 Å². The first-order valence-electron chi connectivity index (χ1n) is 5.78. The van der Waals surface area contributed by atoms with E-state index in [1.165, 1.54) is 6.33 Å². The van der Waals surface area contributed by atoms with Crippen LogP contribution in [0.2, 0.25) is 0 Å². The maximum absolute atomic E-state index is 13.5. The van der Waals surface area contributed by atoms with Crippen molar-refractivity contribution in [2.45, 2.75) is 6.54 Å². The van der Waals surface area contributed by atoms with Gasteiger partial charge in [-0.25, -0.2) is 13.8 Å². The Hall–Kier alpha value is -2.77. The Morgan fingerprint density at radius 1 is 1.25 bits per heavy atom. The quantitative estimate of drug-likeness (QED) is 0.678. The SMILES string of the molecule is Nc1nc(NCc2cc(F)ccc2F)c2[nH]cnc2n1. The number of nitrogens with two attached hydrogens (primary N) is 1. The molecule has 3 rings (SSSR count). The number of hydrogen-bond acceptors (Lipinski definition) is 5. The summed E-state index contributed by atoms with van der Waals surface area (Å²) in [5.74, 6) is -0.570. The summed E-state index contributed by atoms with van der Waals surface area (Å²) in [5, 5.41) is 2.89. The molecule has 0 saturated heterocycles. The van der Waals surface area contributed by atoms with Crippen molar-refractivity contribution < 1.29 is 8.78 Å². The van der Waals surface area contributed by atoms with Crippen molar-refractivity contribution in [1.29, 1.82) is 0 Å². The summed E-state index contributed by atoms with van der Waals surface area (Å²) < 4.78 is 26.6. The Morgan fingerprint density at radius 3 is 2.95 bits per heavy atom. The summed E-state index contributed by atoms with van der Waals surface area (Å²) in [7, 11) is 0. The van der Waals surface area contributed by atoms with E-state index < -0.39 is 11.6 Å². The van der Waals surface area contributed by atoms with E-state index in [0.29, 0.717) is 17.0 Å². The lowest BCUT2D eigenvalue weighted by atomic mass is 10.2. The molecule has 2 heterocycles. The molecule has 0 amide bonds. The lowest BCUT2D eigenvalue weighted by Gasteiger charge is -2.08. The Labute approximate surface area is 112 Å². The van der Waals surface area contributed by atoms with Gasteiger partial charge in [-0.05, 0) is 18.2 Å². The lowest BCUT2D eigenvalue weighted by Crippen LogP contribution is -2.07. The number of rotatable bonds is 3. The Balaban J connectivity index is 1.90. The first kappa shape index (κ1) is 12.3. The minimum atomic E-state index is -0.503. The number of nitrogens with one attached hydrogen (secondary N) is 2. The molecule has 0 bridgehead atoms. The Morgan fingerprint density at radius 2 is 2.10 bits per heavy atom. The Bertz CT molecular complexity index is 770. The predicted octanol–water partition coefficient (Wildman–Crippen LogP) is 1.83. The largest absolute Gasteiger partial charge is 0.368 e. The highest BCUT2D eigenvalue weighted by molar-refractivity contribution is 5.83. The van der Waals surface area contributed by atoms with Gasteiger partial charge in [-0.15, -0.1) is 0 Å². The fourth-order valence-electron chi connectivity index (χ4n) is 1.84. The molecule has 8 heteroatoms. The molecule has 4 N–H and O–H groups in total. The van der Waals surface area contributed by atoms with E-state index in [4.69, 9.17) is 5.73 Å². The number of fused-ring (bicyclic) bond motifs is 1. The predicted molar refractivity (Wildman–Crippen MR) is 69.8 cm³/mol. The van der Waals surface area contributed by atoms with Gasteiger partial charge in [0.1, 0.15) is 17.2 Å². The fourth-order valence-corrected chi connectivity index (χ4v) is 1.84. The van der Waals surface area contributed by atoms with Gasteiger partial charge in [0.25, 0.3) is 0 Å². The number of anilines is 2. The maximum atomic E-state index is 13.5. The highest BCUT2D eigenvalue weighted by Crippen LogP contribution is 2.19. The van der Waals surface area contributed by atoms with Crippen molar-refractivity contribution in [2.24, 2.45) is 0 Å².